The van der Waals surface area contributed by atoms with Gasteiger partial charge in [-0.1, -0.05) is 6.42 Å². The first-order chi connectivity index (χ1) is 7.72. The van der Waals surface area contributed by atoms with Gasteiger partial charge in [0.15, 0.2) is 0 Å². The van der Waals surface area contributed by atoms with Crippen molar-refractivity contribution in [1.29, 1.82) is 0 Å². The van der Waals surface area contributed by atoms with E-state index in [2.05, 4.69) is 17.1 Å². The van der Waals surface area contributed by atoms with Crippen molar-refractivity contribution in [2.45, 2.75) is 45.2 Å². The summed E-state index contributed by atoms with van der Waals surface area (Å²) in [6.07, 6.45) is 3.89. The van der Waals surface area contributed by atoms with E-state index in [1.807, 2.05) is 11.8 Å². The van der Waals surface area contributed by atoms with Gasteiger partial charge in [-0.05, 0) is 33.2 Å². The number of piperazine rings is 1. The van der Waals surface area contributed by atoms with Crippen LogP contribution in [0.25, 0.3) is 0 Å². The van der Waals surface area contributed by atoms with Crippen LogP contribution in [0.4, 0.5) is 4.79 Å². The third-order valence-corrected chi connectivity index (χ3v) is 3.78. The van der Waals surface area contributed by atoms with E-state index >= 15 is 0 Å². The second-order valence-corrected chi connectivity index (χ2v) is 4.98. The summed E-state index contributed by atoms with van der Waals surface area (Å²) in [6.45, 7) is 8.02. The minimum atomic E-state index is 0.111. The highest BCUT2D eigenvalue weighted by atomic mass is 16.2. The van der Waals surface area contributed by atoms with Crippen molar-refractivity contribution in [1.82, 2.24) is 15.1 Å². The fraction of sp³-hybridized carbons (Fsp3) is 0.917. The molecule has 1 N–H and O–H groups in total. The van der Waals surface area contributed by atoms with E-state index in [9.17, 15) is 4.79 Å². The highest BCUT2D eigenvalue weighted by Crippen LogP contribution is 2.23. The SMILES string of the molecule is CCNC(=O)N1CC2CCCCN2CC1C. The van der Waals surface area contributed by atoms with E-state index in [-0.39, 0.29) is 6.03 Å². The minimum Gasteiger partial charge on any atom is -0.338 e. The Morgan fingerprint density at radius 1 is 1.38 bits per heavy atom. The maximum absolute atomic E-state index is 11.9. The molecule has 2 saturated heterocycles. The van der Waals surface area contributed by atoms with E-state index in [1.54, 1.807) is 0 Å². The average Bonchev–Trinajstić information content (AvgIpc) is 2.28. The Bertz CT molecular complexity index is 257. The first kappa shape index (κ1) is 11.7. The van der Waals surface area contributed by atoms with Crippen molar-refractivity contribution in [3.8, 4) is 0 Å². The maximum atomic E-state index is 11.9. The predicted molar refractivity (Wildman–Crippen MR) is 64.5 cm³/mol. The van der Waals surface area contributed by atoms with Crippen molar-refractivity contribution in [2.24, 2.45) is 0 Å². The van der Waals surface area contributed by atoms with Gasteiger partial charge >= 0.3 is 6.03 Å². The summed E-state index contributed by atoms with van der Waals surface area (Å²) in [4.78, 5) is 16.4. The summed E-state index contributed by atoms with van der Waals surface area (Å²) in [7, 11) is 0. The molecular formula is C12H23N3O. The summed E-state index contributed by atoms with van der Waals surface area (Å²) in [5.41, 5.74) is 0. The number of nitrogens with one attached hydrogen (secondary N) is 1. The van der Waals surface area contributed by atoms with E-state index in [1.165, 1.54) is 25.8 Å². The van der Waals surface area contributed by atoms with Crippen molar-refractivity contribution in [3.05, 3.63) is 0 Å². The fourth-order valence-corrected chi connectivity index (χ4v) is 2.89. The Labute approximate surface area is 98.0 Å². The molecule has 2 aliphatic rings. The molecule has 2 fully saturated rings. The lowest BCUT2D eigenvalue weighted by molar-refractivity contribution is 0.0347. The Hall–Kier alpha value is -0.770. The van der Waals surface area contributed by atoms with Gasteiger partial charge in [0.25, 0.3) is 0 Å². The zero-order valence-corrected chi connectivity index (χ0v) is 10.4. The van der Waals surface area contributed by atoms with E-state index < -0.39 is 0 Å². The summed E-state index contributed by atoms with van der Waals surface area (Å²) < 4.78 is 0. The van der Waals surface area contributed by atoms with Gasteiger partial charge in [0.1, 0.15) is 0 Å². The van der Waals surface area contributed by atoms with E-state index in [0.717, 1.165) is 19.6 Å². The van der Waals surface area contributed by atoms with E-state index in [0.29, 0.717) is 12.1 Å². The second-order valence-electron chi connectivity index (χ2n) is 4.98. The Balaban J connectivity index is 1.97. The molecule has 0 aliphatic carbocycles. The number of fused-ring (bicyclic) bond motifs is 1. The number of urea groups is 1. The zero-order chi connectivity index (χ0) is 11.5. The van der Waals surface area contributed by atoms with Gasteiger partial charge in [-0.3, -0.25) is 4.90 Å². The van der Waals surface area contributed by atoms with Crippen LogP contribution in [0.1, 0.15) is 33.1 Å². The molecule has 2 amide bonds. The molecule has 2 atom stereocenters. The molecule has 2 rings (SSSR count). The third kappa shape index (κ3) is 2.32. The largest absolute Gasteiger partial charge is 0.338 e. The van der Waals surface area contributed by atoms with Gasteiger partial charge < -0.3 is 10.2 Å². The number of carbonyl (C=O) groups is 1. The molecule has 2 unspecified atom stereocenters. The normalized spacial score (nSPS) is 31.0. The summed E-state index contributed by atoms with van der Waals surface area (Å²) in [5.74, 6) is 0. The standard InChI is InChI=1S/C12H23N3O/c1-3-13-12(16)15-9-11-6-4-5-7-14(11)8-10(15)2/h10-11H,3-9H2,1-2H3,(H,13,16). The van der Waals surface area contributed by atoms with Crippen LogP contribution in [0.5, 0.6) is 0 Å². The van der Waals surface area contributed by atoms with E-state index in [4.69, 9.17) is 0 Å². The number of carbonyl (C=O) groups excluding carboxylic acids is 1. The van der Waals surface area contributed by atoms with Crippen molar-refractivity contribution >= 4 is 6.03 Å². The Morgan fingerprint density at radius 2 is 2.19 bits per heavy atom. The van der Waals surface area contributed by atoms with Crippen molar-refractivity contribution < 1.29 is 4.79 Å². The summed E-state index contributed by atoms with van der Waals surface area (Å²) >= 11 is 0. The fourth-order valence-electron chi connectivity index (χ4n) is 2.89. The first-order valence-electron chi connectivity index (χ1n) is 6.51. The van der Waals surface area contributed by atoms with Gasteiger partial charge in [0.05, 0.1) is 0 Å². The number of rotatable bonds is 1. The molecule has 4 heteroatoms. The van der Waals surface area contributed by atoms with Gasteiger partial charge in [-0.2, -0.15) is 0 Å². The van der Waals surface area contributed by atoms with Gasteiger partial charge in [-0.15, -0.1) is 0 Å². The average molecular weight is 225 g/mol. The lowest BCUT2D eigenvalue weighted by Gasteiger charge is -2.47. The molecule has 0 saturated carbocycles. The monoisotopic (exact) mass is 225 g/mol. The van der Waals surface area contributed by atoms with Crippen LogP contribution in [0.3, 0.4) is 0 Å². The quantitative estimate of drug-likeness (QED) is 0.729. The molecule has 16 heavy (non-hydrogen) atoms. The number of hydrogen-bond donors (Lipinski definition) is 1. The van der Waals surface area contributed by atoms with Gasteiger partial charge in [-0.25, -0.2) is 4.79 Å². The Morgan fingerprint density at radius 3 is 2.94 bits per heavy atom. The third-order valence-electron chi connectivity index (χ3n) is 3.78. The molecule has 2 aliphatic heterocycles. The topological polar surface area (TPSA) is 35.6 Å². The lowest BCUT2D eigenvalue weighted by Crippen LogP contribution is -2.61. The summed E-state index contributed by atoms with van der Waals surface area (Å²) in [5, 5.41) is 2.91. The van der Waals surface area contributed by atoms with Crippen LogP contribution in [0, 0.1) is 0 Å². The molecule has 0 aromatic heterocycles. The Kier molecular flexibility index (Phi) is 3.69. The highest BCUT2D eigenvalue weighted by Gasteiger charge is 2.34. The molecule has 0 spiro atoms. The zero-order valence-electron chi connectivity index (χ0n) is 10.4. The molecule has 0 radical (unpaired) electrons. The molecule has 2 heterocycles. The van der Waals surface area contributed by atoms with Crippen LogP contribution in [0.2, 0.25) is 0 Å². The molecule has 0 aromatic rings. The lowest BCUT2D eigenvalue weighted by atomic mass is 9.97. The highest BCUT2D eigenvalue weighted by molar-refractivity contribution is 5.74. The van der Waals surface area contributed by atoms with Crippen molar-refractivity contribution in [2.75, 3.05) is 26.2 Å². The van der Waals surface area contributed by atoms with Crippen molar-refractivity contribution in [3.63, 3.8) is 0 Å². The van der Waals surface area contributed by atoms with Crippen LogP contribution in [0.15, 0.2) is 0 Å². The number of piperidine rings is 1. The number of hydrogen-bond acceptors (Lipinski definition) is 2. The van der Waals surface area contributed by atoms with Gasteiger partial charge in [0, 0.05) is 31.7 Å². The summed E-state index contributed by atoms with van der Waals surface area (Å²) in [6, 6.07) is 1.06. The van der Waals surface area contributed by atoms with Gasteiger partial charge in [0.2, 0.25) is 0 Å². The number of amides is 2. The first-order valence-corrected chi connectivity index (χ1v) is 6.51. The molecular weight excluding hydrogens is 202 g/mol. The minimum absolute atomic E-state index is 0.111. The maximum Gasteiger partial charge on any atom is 0.317 e. The van der Waals surface area contributed by atoms with Crippen LogP contribution < -0.4 is 5.32 Å². The van der Waals surface area contributed by atoms with Crippen LogP contribution in [-0.2, 0) is 0 Å². The molecule has 0 bridgehead atoms. The molecule has 4 nitrogen and oxygen atoms in total. The van der Waals surface area contributed by atoms with Crippen LogP contribution in [-0.4, -0.2) is 54.1 Å². The second kappa shape index (κ2) is 5.04. The van der Waals surface area contributed by atoms with Crippen LogP contribution >= 0.6 is 0 Å². The molecule has 0 aromatic carbocycles. The smallest absolute Gasteiger partial charge is 0.317 e. The molecule has 92 valence electrons. The predicted octanol–water partition coefficient (Wildman–Crippen LogP) is 1.27. The number of nitrogens with zero attached hydrogens (tertiary/aromatic N) is 2.